The molecule has 0 N–H and O–H groups in total. The van der Waals surface area contributed by atoms with Crippen LogP contribution in [-0.4, -0.2) is 0 Å². The van der Waals surface area contributed by atoms with E-state index in [9.17, 15) is 0 Å². The minimum absolute atomic E-state index is 0. The minimum atomic E-state index is 0. The van der Waals surface area contributed by atoms with E-state index in [-0.39, 0.29) is 50.7 Å². The molecule has 0 bridgehead atoms. The number of allylic oxidation sites excluding steroid dienone is 4. The molecule has 0 nitrogen and oxygen atoms in total. The molecule has 1 aliphatic rings. The third-order valence-corrected chi connectivity index (χ3v) is 1.11. The molecule has 0 unspecified atom stereocenters. The molecule has 0 fully saturated rings. The molecule has 0 aromatic heterocycles. The summed E-state index contributed by atoms with van der Waals surface area (Å²) in [7, 11) is 0. The molecule has 3 heteroatoms. The van der Waals surface area contributed by atoms with E-state index in [4.69, 9.17) is 0 Å². The van der Waals surface area contributed by atoms with Crippen LogP contribution in [0.15, 0.2) is 17.2 Å². The molecule has 0 spiro atoms. The molecule has 0 aromatic rings. The fourth-order valence-corrected chi connectivity index (χ4v) is 0.751. The van der Waals surface area contributed by atoms with E-state index < -0.39 is 0 Å². The van der Waals surface area contributed by atoms with Gasteiger partial charge in [-0.25, -0.2) is 11.6 Å². The van der Waals surface area contributed by atoms with Crippen molar-refractivity contribution in [3.8, 4) is 0 Å². The second kappa shape index (κ2) is 8.03. The summed E-state index contributed by atoms with van der Waals surface area (Å²) in [5, 5.41) is 0. The zero-order chi connectivity index (χ0) is 5.28. The molecule has 0 radical (unpaired) electrons. The molecule has 1 rings (SSSR count). The fourth-order valence-electron chi connectivity index (χ4n) is 0.751. The predicted molar refractivity (Wildman–Crippen MR) is 45.3 cm³/mol. The van der Waals surface area contributed by atoms with Crippen LogP contribution in [0.5, 0.6) is 0 Å². The summed E-state index contributed by atoms with van der Waals surface area (Å²) in [5.41, 5.74) is 2.72. The zero-order valence-corrected chi connectivity index (χ0v) is 11.3. The van der Waals surface area contributed by atoms with Gasteiger partial charge in [0.05, 0.1) is 0 Å². The number of hydrogen-bond acceptors (Lipinski definition) is 0. The standard InChI is InChI=1S/C7H9.2ClH.Hf/c1-6-3-4-7(2)5-6;;;/h5H,3H2,1-2H3;2*1H;/q-1;;;. The Morgan fingerprint density at radius 3 is 1.90 bits per heavy atom. The van der Waals surface area contributed by atoms with Gasteiger partial charge in [0.1, 0.15) is 0 Å². The quantitative estimate of drug-likeness (QED) is 0.468. The van der Waals surface area contributed by atoms with Crippen LogP contribution in [0.1, 0.15) is 20.3 Å². The van der Waals surface area contributed by atoms with Crippen LogP contribution in [-0.2, 0) is 25.8 Å². The molecule has 1 aliphatic carbocycles. The van der Waals surface area contributed by atoms with Crippen molar-refractivity contribution >= 4 is 24.8 Å². The molecule has 0 saturated heterocycles. The fraction of sp³-hybridized carbons (Fsp3) is 0.429. The Hall–Kier alpha value is 0.930. The van der Waals surface area contributed by atoms with E-state index in [1.165, 1.54) is 11.1 Å². The van der Waals surface area contributed by atoms with Crippen LogP contribution >= 0.6 is 24.8 Å². The first kappa shape index (κ1) is 17.1. The van der Waals surface area contributed by atoms with Crippen LogP contribution in [0.3, 0.4) is 0 Å². The van der Waals surface area contributed by atoms with Crippen LogP contribution < -0.4 is 0 Å². The van der Waals surface area contributed by atoms with Crippen LogP contribution in [0.4, 0.5) is 0 Å². The van der Waals surface area contributed by atoms with Crippen molar-refractivity contribution in [3.05, 3.63) is 23.3 Å². The van der Waals surface area contributed by atoms with E-state index in [0.29, 0.717) is 0 Å². The molecule has 0 atom stereocenters. The summed E-state index contributed by atoms with van der Waals surface area (Å²) in [5.74, 6) is 0. The Morgan fingerprint density at radius 1 is 1.30 bits per heavy atom. The molecular formula is C7H11Cl2Hf-. The van der Waals surface area contributed by atoms with Crippen molar-refractivity contribution in [1.29, 1.82) is 0 Å². The maximum atomic E-state index is 3.19. The average Bonchev–Trinajstić information content (AvgIpc) is 1.87. The van der Waals surface area contributed by atoms with E-state index in [1.807, 2.05) is 0 Å². The molecule has 0 amide bonds. The molecule has 0 heterocycles. The Balaban J connectivity index is -0.000000163. The monoisotopic (exact) mass is 345 g/mol. The average molecular weight is 345 g/mol. The van der Waals surface area contributed by atoms with Crippen molar-refractivity contribution in [2.75, 3.05) is 0 Å². The largest absolute Gasteiger partial charge is 0.270 e. The molecule has 0 aromatic carbocycles. The Morgan fingerprint density at radius 2 is 1.80 bits per heavy atom. The third kappa shape index (κ3) is 5.70. The van der Waals surface area contributed by atoms with Gasteiger partial charge >= 0.3 is 0 Å². The first-order chi connectivity index (χ1) is 3.29. The Bertz CT molecular complexity index is 139. The summed E-state index contributed by atoms with van der Waals surface area (Å²) in [4.78, 5) is 0. The summed E-state index contributed by atoms with van der Waals surface area (Å²) in [6, 6.07) is 0. The first-order valence-corrected chi connectivity index (χ1v) is 2.53. The van der Waals surface area contributed by atoms with Gasteiger partial charge in [-0.15, -0.1) is 31.2 Å². The predicted octanol–water partition coefficient (Wildman–Crippen LogP) is 2.93. The van der Waals surface area contributed by atoms with E-state index in [0.717, 1.165) is 6.42 Å². The SMILES string of the molecule is CC1=[C-]CC(C)=C1.Cl.Cl.[Hf]. The van der Waals surface area contributed by atoms with Gasteiger partial charge in [-0.1, -0.05) is 13.8 Å². The van der Waals surface area contributed by atoms with Crippen molar-refractivity contribution in [2.45, 2.75) is 20.3 Å². The third-order valence-electron chi connectivity index (χ3n) is 1.11. The molecule has 0 saturated carbocycles. The van der Waals surface area contributed by atoms with Gasteiger partial charge in [0.15, 0.2) is 0 Å². The van der Waals surface area contributed by atoms with E-state index in [1.54, 1.807) is 0 Å². The minimum Gasteiger partial charge on any atom is -0.270 e. The second-order valence-electron chi connectivity index (χ2n) is 2.03. The Labute approximate surface area is 93.8 Å². The van der Waals surface area contributed by atoms with Crippen LogP contribution in [0, 0.1) is 6.08 Å². The summed E-state index contributed by atoms with van der Waals surface area (Å²) >= 11 is 0. The molecular weight excluding hydrogens is 333 g/mol. The maximum absolute atomic E-state index is 3.19. The van der Waals surface area contributed by atoms with Gasteiger partial charge in [0, 0.05) is 25.8 Å². The van der Waals surface area contributed by atoms with Gasteiger partial charge < -0.3 is 0 Å². The Kier molecular flexibility index (Phi) is 13.8. The summed E-state index contributed by atoms with van der Waals surface area (Å²) in [6.45, 7) is 4.21. The summed E-state index contributed by atoms with van der Waals surface area (Å²) < 4.78 is 0. The molecule has 0 aliphatic heterocycles. The maximum Gasteiger partial charge on any atom is 0 e. The smallest absolute Gasteiger partial charge is 0 e. The number of rotatable bonds is 0. The molecule has 58 valence electrons. The van der Waals surface area contributed by atoms with Crippen molar-refractivity contribution in [3.63, 3.8) is 0 Å². The topological polar surface area (TPSA) is 0 Å². The van der Waals surface area contributed by atoms with Crippen molar-refractivity contribution in [1.82, 2.24) is 0 Å². The number of halogens is 2. The van der Waals surface area contributed by atoms with Gasteiger partial charge in [0.25, 0.3) is 0 Å². The summed E-state index contributed by atoms with van der Waals surface area (Å²) in [6.07, 6.45) is 6.41. The van der Waals surface area contributed by atoms with E-state index >= 15 is 0 Å². The van der Waals surface area contributed by atoms with Gasteiger partial charge in [-0.3, -0.25) is 6.08 Å². The van der Waals surface area contributed by atoms with Gasteiger partial charge in [-0.2, -0.15) is 5.57 Å². The number of hydrogen-bond donors (Lipinski definition) is 0. The van der Waals surface area contributed by atoms with Crippen molar-refractivity contribution < 1.29 is 25.8 Å². The van der Waals surface area contributed by atoms with Gasteiger partial charge in [-0.05, 0) is 0 Å². The van der Waals surface area contributed by atoms with Gasteiger partial charge in [0.2, 0.25) is 0 Å². The zero-order valence-electron chi connectivity index (χ0n) is 6.10. The second-order valence-corrected chi connectivity index (χ2v) is 2.03. The normalized spacial score (nSPS) is 13.4. The van der Waals surface area contributed by atoms with Crippen LogP contribution in [0.25, 0.3) is 0 Å². The molecule has 10 heavy (non-hydrogen) atoms. The van der Waals surface area contributed by atoms with Crippen LogP contribution in [0.2, 0.25) is 0 Å². The van der Waals surface area contributed by atoms with E-state index in [2.05, 4.69) is 26.0 Å². The first-order valence-electron chi connectivity index (χ1n) is 2.53. The van der Waals surface area contributed by atoms with Crippen molar-refractivity contribution in [2.24, 2.45) is 0 Å².